The first-order valence-electron chi connectivity index (χ1n) is 6.94. The van der Waals surface area contributed by atoms with Gasteiger partial charge in [0.2, 0.25) is 0 Å². The number of anilines is 1. The molecule has 0 bridgehead atoms. The van der Waals surface area contributed by atoms with E-state index >= 15 is 0 Å². The summed E-state index contributed by atoms with van der Waals surface area (Å²) in [5.74, 6) is 1.01. The minimum Gasteiger partial charge on any atom is -0.497 e. The average Bonchev–Trinajstić information content (AvgIpc) is 2.95. The zero-order valence-electron chi connectivity index (χ0n) is 12.3. The predicted octanol–water partition coefficient (Wildman–Crippen LogP) is 2.30. The fourth-order valence-electron chi connectivity index (χ4n) is 2.75. The Bertz CT molecular complexity index is 502. The summed E-state index contributed by atoms with van der Waals surface area (Å²) in [4.78, 5) is 14.6. The molecule has 0 saturated carbocycles. The van der Waals surface area contributed by atoms with E-state index in [1.54, 1.807) is 19.2 Å². The second-order valence-electron chi connectivity index (χ2n) is 4.99. The first-order valence-corrected chi connectivity index (χ1v) is 6.94. The molecule has 1 aliphatic heterocycles. The standard InChI is InChI=1S/C15H22N2O3/c1-4-10-6-5-7-17(10)15(18)12-8-11(19-2)9-13(20-3)14(12)16/h8-10H,4-7,16H2,1-3H3. The van der Waals surface area contributed by atoms with E-state index in [2.05, 4.69) is 6.92 Å². The lowest BCUT2D eigenvalue weighted by Crippen LogP contribution is -2.35. The first-order chi connectivity index (χ1) is 9.62. The van der Waals surface area contributed by atoms with Crippen LogP contribution in [0.3, 0.4) is 0 Å². The maximum Gasteiger partial charge on any atom is 0.256 e. The molecule has 1 heterocycles. The van der Waals surface area contributed by atoms with Crippen LogP contribution in [0.5, 0.6) is 11.5 Å². The molecule has 5 nitrogen and oxygen atoms in total. The van der Waals surface area contributed by atoms with Crippen molar-refractivity contribution < 1.29 is 14.3 Å². The summed E-state index contributed by atoms with van der Waals surface area (Å²) < 4.78 is 10.4. The van der Waals surface area contributed by atoms with Crippen molar-refractivity contribution in [2.45, 2.75) is 32.2 Å². The molecule has 1 saturated heterocycles. The number of nitrogens with two attached hydrogens (primary N) is 1. The van der Waals surface area contributed by atoms with Crippen LogP contribution >= 0.6 is 0 Å². The molecule has 1 aliphatic rings. The fourth-order valence-corrected chi connectivity index (χ4v) is 2.75. The number of likely N-dealkylation sites (tertiary alicyclic amines) is 1. The van der Waals surface area contributed by atoms with E-state index in [0.717, 1.165) is 25.8 Å². The largest absolute Gasteiger partial charge is 0.497 e. The number of amides is 1. The summed E-state index contributed by atoms with van der Waals surface area (Å²) >= 11 is 0. The van der Waals surface area contributed by atoms with Gasteiger partial charge in [-0.05, 0) is 25.3 Å². The molecule has 1 aromatic carbocycles. The van der Waals surface area contributed by atoms with Crippen molar-refractivity contribution in [3.05, 3.63) is 17.7 Å². The SMILES string of the molecule is CCC1CCCN1C(=O)c1cc(OC)cc(OC)c1N. The number of hydrogen-bond acceptors (Lipinski definition) is 4. The van der Waals surface area contributed by atoms with Crippen molar-refractivity contribution in [3.63, 3.8) is 0 Å². The Kier molecular flexibility index (Phi) is 4.37. The molecule has 2 rings (SSSR count). The number of hydrogen-bond donors (Lipinski definition) is 1. The molecular formula is C15H22N2O3. The summed E-state index contributed by atoms with van der Waals surface area (Å²) in [5.41, 5.74) is 6.88. The highest BCUT2D eigenvalue weighted by Crippen LogP contribution is 2.33. The third-order valence-electron chi connectivity index (χ3n) is 3.91. The highest BCUT2D eigenvalue weighted by atomic mass is 16.5. The third-order valence-corrected chi connectivity index (χ3v) is 3.91. The van der Waals surface area contributed by atoms with Crippen molar-refractivity contribution in [1.82, 2.24) is 4.90 Å². The van der Waals surface area contributed by atoms with Crippen molar-refractivity contribution in [1.29, 1.82) is 0 Å². The van der Waals surface area contributed by atoms with Crippen LogP contribution in [0, 0.1) is 0 Å². The van der Waals surface area contributed by atoms with Crippen LogP contribution in [0.25, 0.3) is 0 Å². The Morgan fingerprint density at radius 1 is 1.40 bits per heavy atom. The molecule has 0 aliphatic carbocycles. The number of ether oxygens (including phenoxy) is 2. The molecule has 0 spiro atoms. The first kappa shape index (κ1) is 14.5. The van der Waals surface area contributed by atoms with Crippen LogP contribution in [-0.4, -0.2) is 37.6 Å². The van der Waals surface area contributed by atoms with Crippen molar-refractivity contribution >= 4 is 11.6 Å². The quantitative estimate of drug-likeness (QED) is 0.858. The smallest absolute Gasteiger partial charge is 0.256 e. The van der Waals surface area contributed by atoms with E-state index in [9.17, 15) is 4.79 Å². The van der Waals surface area contributed by atoms with E-state index in [1.165, 1.54) is 7.11 Å². The van der Waals surface area contributed by atoms with Gasteiger partial charge in [0.05, 0.1) is 25.5 Å². The van der Waals surface area contributed by atoms with Gasteiger partial charge < -0.3 is 20.1 Å². The highest BCUT2D eigenvalue weighted by Gasteiger charge is 2.30. The Labute approximate surface area is 119 Å². The number of nitrogens with zero attached hydrogens (tertiary/aromatic N) is 1. The molecular weight excluding hydrogens is 256 g/mol. The lowest BCUT2D eigenvalue weighted by Gasteiger charge is -2.25. The van der Waals surface area contributed by atoms with Crippen LogP contribution < -0.4 is 15.2 Å². The number of carbonyl (C=O) groups is 1. The topological polar surface area (TPSA) is 64.8 Å². The normalized spacial score (nSPS) is 18.1. The van der Waals surface area contributed by atoms with Crippen LogP contribution in [0.1, 0.15) is 36.5 Å². The van der Waals surface area contributed by atoms with E-state index in [4.69, 9.17) is 15.2 Å². The second-order valence-corrected chi connectivity index (χ2v) is 4.99. The summed E-state index contributed by atoms with van der Waals surface area (Å²) in [5, 5.41) is 0. The summed E-state index contributed by atoms with van der Waals surface area (Å²) in [6.07, 6.45) is 3.07. The number of rotatable bonds is 4. The zero-order chi connectivity index (χ0) is 14.7. The number of methoxy groups -OCH3 is 2. The van der Waals surface area contributed by atoms with E-state index in [0.29, 0.717) is 28.8 Å². The van der Waals surface area contributed by atoms with Gasteiger partial charge in [-0.15, -0.1) is 0 Å². The molecule has 5 heteroatoms. The number of benzene rings is 1. The van der Waals surface area contributed by atoms with Crippen LogP contribution in [-0.2, 0) is 0 Å². The molecule has 1 atom stereocenters. The van der Waals surface area contributed by atoms with Crippen molar-refractivity contribution in [2.75, 3.05) is 26.5 Å². The van der Waals surface area contributed by atoms with Gasteiger partial charge in [-0.1, -0.05) is 6.92 Å². The molecule has 1 unspecified atom stereocenters. The van der Waals surface area contributed by atoms with Gasteiger partial charge in [-0.25, -0.2) is 0 Å². The van der Waals surface area contributed by atoms with Crippen molar-refractivity contribution in [2.24, 2.45) is 0 Å². The Morgan fingerprint density at radius 3 is 2.75 bits per heavy atom. The lowest BCUT2D eigenvalue weighted by atomic mass is 10.1. The Hall–Kier alpha value is -1.91. The fraction of sp³-hybridized carbons (Fsp3) is 0.533. The molecule has 0 aromatic heterocycles. The van der Waals surface area contributed by atoms with Crippen molar-refractivity contribution in [3.8, 4) is 11.5 Å². The molecule has 20 heavy (non-hydrogen) atoms. The summed E-state index contributed by atoms with van der Waals surface area (Å²) in [7, 11) is 3.09. The molecule has 1 amide bonds. The number of carbonyl (C=O) groups excluding carboxylic acids is 1. The summed E-state index contributed by atoms with van der Waals surface area (Å²) in [6, 6.07) is 3.68. The van der Waals surface area contributed by atoms with Crippen LogP contribution in [0.4, 0.5) is 5.69 Å². The van der Waals surface area contributed by atoms with E-state index in [-0.39, 0.29) is 5.91 Å². The Morgan fingerprint density at radius 2 is 2.15 bits per heavy atom. The van der Waals surface area contributed by atoms with Gasteiger partial charge in [-0.2, -0.15) is 0 Å². The second kappa shape index (κ2) is 6.03. The number of nitrogen functional groups attached to an aromatic ring is 1. The molecule has 1 fully saturated rings. The summed E-state index contributed by atoms with van der Waals surface area (Å²) in [6.45, 7) is 2.89. The molecule has 0 radical (unpaired) electrons. The van der Waals surface area contributed by atoms with Crippen LogP contribution in [0.2, 0.25) is 0 Å². The zero-order valence-corrected chi connectivity index (χ0v) is 12.3. The van der Waals surface area contributed by atoms with Gasteiger partial charge in [0.15, 0.2) is 0 Å². The van der Waals surface area contributed by atoms with E-state index < -0.39 is 0 Å². The molecule has 2 N–H and O–H groups in total. The predicted molar refractivity (Wildman–Crippen MR) is 78.3 cm³/mol. The van der Waals surface area contributed by atoms with Gasteiger partial charge in [0.25, 0.3) is 5.91 Å². The van der Waals surface area contributed by atoms with Gasteiger partial charge >= 0.3 is 0 Å². The Balaban J connectivity index is 2.38. The molecule has 1 aromatic rings. The van der Waals surface area contributed by atoms with Crippen LogP contribution in [0.15, 0.2) is 12.1 Å². The maximum absolute atomic E-state index is 12.7. The minimum absolute atomic E-state index is 0.0379. The average molecular weight is 278 g/mol. The van der Waals surface area contributed by atoms with Gasteiger partial charge in [0.1, 0.15) is 11.5 Å². The lowest BCUT2D eigenvalue weighted by molar-refractivity contribution is 0.0734. The van der Waals surface area contributed by atoms with Gasteiger partial charge in [0, 0.05) is 18.7 Å². The van der Waals surface area contributed by atoms with Gasteiger partial charge in [-0.3, -0.25) is 4.79 Å². The third kappa shape index (κ3) is 2.53. The van der Waals surface area contributed by atoms with E-state index in [1.807, 2.05) is 4.90 Å². The monoisotopic (exact) mass is 278 g/mol. The molecule has 110 valence electrons. The minimum atomic E-state index is -0.0379. The highest BCUT2D eigenvalue weighted by molar-refractivity contribution is 6.01. The maximum atomic E-state index is 12.7.